The van der Waals surface area contributed by atoms with Crippen LogP contribution in [0.25, 0.3) is 0 Å². The molecule has 2 rings (SSSR count). The summed E-state index contributed by atoms with van der Waals surface area (Å²) in [6, 6.07) is 13.7. The first kappa shape index (κ1) is 15.5. The lowest BCUT2D eigenvalue weighted by Crippen LogP contribution is -2.05. The number of hydrogen-bond acceptors (Lipinski definition) is 4. The lowest BCUT2D eigenvalue weighted by atomic mass is 10.1. The molecule has 0 aliphatic rings. The predicted molar refractivity (Wildman–Crippen MR) is 80.7 cm³/mol. The van der Waals surface area contributed by atoms with Crippen LogP contribution in [-0.2, 0) is 11.4 Å². The summed E-state index contributed by atoms with van der Waals surface area (Å²) in [7, 11) is 0. The number of ether oxygens (including phenoxy) is 1. The Bertz CT molecular complexity index is 706. The smallest absolute Gasteiger partial charge is 0.339 e. The van der Waals surface area contributed by atoms with Gasteiger partial charge in [0.1, 0.15) is 17.9 Å². The van der Waals surface area contributed by atoms with Crippen LogP contribution in [0, 0.1) is 0 Å². The number of carboxylic acids is 1. The van der Waals surface area contributed by atoms with E-state index in [4.69, 9.17) is 4.74 Å². The number of aromatic carboxylic acids is 1. The number of carbonyl (C=O) groups is 1. The normalized spacial score (nSPS) is 11.3. The Morgan fingerprint density at radius 2 is 2.00 bits per heavy atom. The Morgan fingerprint density at radius 1 is 1.27 bits per heavy atom. The van der Waals surface area contributed by atoms with E-state index in [1.54, 1.807) is 19.1 Å². The summed E-state index contributed by atoms with van der Waals surface area (Å²) in [5.41, 5.74) is 1.70. The quantitative estimate of drug-likeness (QED) is 0.655. The molecule has 0 heterocycles. The van der Waals surface area contributed by atoms with Gasteiger partial charge >= 0.3 is 5.97 Å². The van der Waals surface area contributed by atoms with Gasteiger partial charge in [0, 0.05) is 0 Å². The highest BCUT2D eigenvalue weighted by atomic mass is 16.5. The van der Waals surface area contributed by atoms with Crippen LogP contribution in [0.3, 0.4) is 0 Å². The van der Waals surface area contributed by atoms with Gasteiger partial charge in [0.05, 0.1) is 6.04 Å². The highest BCUT2D eigenvalue weighted by molar-refractivity contribution is 5.91. The van der Waals surface area contributed by atoms with Crippen LogP contribution in [0.2, 0.25) is 0 Å². The summed E-state index contributed by atoms with van der Waals surface area (Å²) in [5.74, 6) is -0.817. The number of carboxylic acid groups (broad SMARTS) is 1. The van der Waals surface area contributed by atoms with Crippen molar-refractivity contribution >= 4 is 12.0 Å². The minimum atomic E-state index is -1.07. The molecule has 2 aromatic rings. The van der Waals surface area contributed by atoms with E-state index in [-0.39, 0.29) is 17.9 Å². The average molecular weight is 297 g/mol. The maximum absolute atomic E-state index is 11.3. The number of rotatable bonds is 6. The molecule has 0 saturated heterocycles. The van der Waals surface area contributed by atoms with Gasteiger partial charge in [0.15, 0.2) is 0 Å². The van der Waals surface area contributed by atoms with Crippen molar-refractivity contribution in [2.45, 2.75) is 19.6 Å². The van der Waals surface area contributed by atoms with Crippen LogP contribution >= 0.6 is 0 Å². The maximum Gasteiger partial charge on any atom is 0.339 e. The van der Waals surface area contributed by atoms with Crippen LogP contribution in [-0.4, -0.2) is 17.2 Å². The summed E-state index contributed by atoms with van der Waals surface area (Å²) in [6.45, 7) is 1.98. The van der Waals surface area contributed by atoms with Crippen molar-refractivity contribution in [3.8, 4) is 5.75 Å². The lowest BCUT2D eigenvalue weighted by molar-refractivity contribution is 0.0691. The number of hydrogen-bond donors (Lipinski definition) is 1. The van der Waals surface area contributed by atoms with Crippen molar-refractivity contribution in [1.29, 1.82) is 0 Å². The number of isocyanates is 1. The van der Waals surface area contributed by atoms with E-state index in [1.807, 2.05) is 30.3 Å². The molecule has 0 radical (unpaired) electrons. The molecule has 0 aliphatic carbocycles. The predicted octanol–water partition coefficient (Wildman–Crippen LogP) is 3.36. The minimum absolute atomic E-state index is 0.0713. The van der Waals surface area contributed by atoms with E-state index in [0.717, 1.165) is 5.56 Å². The molecule has 0 spiro atoms. The molecule has 0 aromatic heterocycles. The standard InChI is InChI=1S/C17H15NO4/c1-12(18-11-19)14-7-8-15(17(20)21)16(9-14)22-10-13-5-3-2-4-6-13/h2-9,12H,10H2,1H3,(H,20,21). The first-order valence-electron chi connectivity index (χ1n) is 6.72. The summed E-state index contributed by atoms with van der Waals surface area (Å²) >= 11 is 0. The summed E-state index contributed by atoms with van der Waals surface area (Å²) in [5, 5.41) is 9.23. The van der Waals surface area contributed by atoms with E-state index < -0.39 is 12.0 Å². The van der Waals surface area contributed by atoms with Crippen LogP contribution < -0.4 is 4.74 Å². The third-order valence-electron chi connectivity index (χ3n) is 3.20. The van der Waals surface area contributed by atoms with Crippen molar-refractivity contribution in [3.05, 3.63) is 65.2 Å². The van der Waals surface area contributed by atoms with Crippen molar-refractivity contribution in [3.63, 3.8) is 0 Å². The van der Waals surface area contributed by atoms with E-state index in [2.05, 4.69) is 4.99 Å². The van der Waals surface area contributed by atoms with Gasteiger partial charge in [0.25, 0.3) is 0 Å². The number of benzene rings is 2. The van der Waals surface area contributed by atoms with Crippen molar-refractivity contribution < 1.29 is 19.4 Å². The first-order valence-corrected chi connectivity index (χ1v) is 6.72. The molecule has 5 nitrogen and oxygen atoms in total. The molecule has 0 amide bonds. The Kier molecular flexibility index (Phi) is 5.07. The van der Waals surface area contributed by atoms with Gasteiger partial charge in [-0.15, -0.1) is 0 Å². The zero-order valence-corrected chi connectivity index (χ0v) is 12.0. The van der Waals surface area contributed by atoms with Gasteiger partial charge in [-0.05, 0) is 30.2 Å². The van der Waals surface area contributed by atoms with Crippen LogP contribution in [0.4, 0.5) is 0 Å². The molecule has 5 heteroatoms. The molecular formula is C17H15NO4. The summed E-state index contributed by atoms with van der Waals surface area (Å²) < 4.78 is 5.63. The fourth-order valence-electron chi connectivity index (χ4n) is 1.98. The molecule has 112 valence electrons. The lowest BCUT2D eigenvalue weighted by Gasteiger charge is -2.12. The van der Waals surface area contributed by atoms with Gasteiger partial charge in [-0.1, -0.05) is 36.4 Å². The van der Waals surface area contributed by atoms with E-state index in [1.165, 1.54) is 12.1 Å². The highest BCUT2D eigenvalue weighted by Gasteiger charge is 2.14. The van der Waals surface area contributed by atoms with E-state index in [0.29, 0.717) is 5.56 Å². The van der Waals surface area contributed by atoms with Gasteiger partial charge in [-0.25, -0.2) is 9.59 Å². The fraction of sp³-hybridized carbons (Fsp3) is 0.176. The Labute approximate surface area is 127 Å². The number of aliphatic imine (C=N–C) groups is 1. The molecule has 1 atom stereocenters. The molecule has 0 aliphatic heterocycles. The van der Waals surface area contributed by atoms with Gasteiger partial charge in [-0.2, -0.15) is 4.99 Å². The van der Waals surface area contributed by atoms with Crippen molar-refractivity contribution in [1.82, 2.24) is 0 Å². The number of carbonyl (C=O) groups excluding carboxylic acids is 1. The van der Waals surface area contributed by atoms with Crippen LogP contribution in [0.5, 0.6) is 5.75 Å². The van der Waals surface area contributed by atoms with Gasteiger partial charge in [-0.3, -0.25) is 0 Å². The average Bonchev–Trinajstić information content (AvgIpc) is 2.53. The Hall–Kier alpha value is -2.91. The van der Waals surface area contributed by atoms with Gasteiger partial charge in [0.2, 0.25) is 6.08 Å². The molecule has 2 aromatic carbocycles. The topological polar surface area (TPSA) is 76.0 Å². The van der Waals surface area contributed by atoms with Crippen LogP contribution in [0.15, 0.2) is 53.5 Å². The molecule has 0 bridgehead atoms. The molecule has 22 heavy (non-hydrogen) atoms. The minimum Gasteiger partial charge on any atom is -0.488 e. The fourth-order valence-corrected chi connectivity index (χ4v) is 1.98. The molecule has 1 N–H and O–H groups in total. The SMILES string of the molecule is CC(N=C=O)c1ccc(C(=O)O)c(OCc2ccccc2)c1. The molecule has 1 unspecified atom stereocenters. The first-order chi connectivity index (χ1) is 10.6. The maximum atomic E-state index is 11.3. The van der Waals surface area contributed by atoms with E-state index in [9.17, 15) is 14.7 Å². The number of nitrogens with zero attached hydrogens (tertiary/aromatic N) is 1. The molecule has 0 fully saturated rings. The molecule has 0 saturated carbocycles. The second-order valence-electron chi connectivity index (χ2n) is 4.73. The van der Waals surface area contributed by atoms with Crippen molar-refractivity contribution in [2.24, 2.45) is 4.99 Å². The van der Waals surface area contributed by atoms with Gasteiger partial charge < -0.3 is 9.84 Å². The zero-order valence-electron chi connectivity index (χ0n) is 12.0. The van der Waals surface area contributed by atoms with E-state index >= 15 is 0 Å². The third-order valence-corrected chi connectivity index (χ3v) is 3.20. The second-order valence-corrected chi connectivity index (χ2v) is 4.73. The summed E-state index contributed by atoms with van der Waals surface area (Å²) in [6.07, 6.45) is 1.50. The second kappa shape index (κ2) is 7.20. The highest BCUT2D eigenvalue weighted by Crippen LogP contribution is 2.26. The van der Waals surface area contributed by atoms with Crippen LogP contribution in [0.1, 0.15) is 34.5 Å². The Morgan fingerprint density at radius 3 is 2.64 bits per heavy atom. The largest absolute Gasteiger partial charge is 0.488 e. The monoisotopic (exact) mass is 297 g/mol. The molecular weight excluding hydrogens is 282 g/mol. The zero-order chi connectivity index (χ0) is 15.9. The summed E-state index contributed by atoms with van der Waals surface area (Å²) in [4.78, 5) is 25.2. The van der Waals surface area contributed by atoms with Crippen molar-refractivity contribution in [2.75, 3.05) is 0 Å². The Balaban J connectivity index is 2.27. The third kappa shape index (κ3) is 3.81.